The molecule has 0 aromatic rings. The van der Waals surface area contributed by atoms with Crippen molar-refractivity contribution in [2.45, 2.75) is 0 Å². The Balaban J connectivity index is 0. The summed E-state index contributed by atoms with van der Waals surface area (Å²) in [7, 11) is 0. The quantitative estimate of drug-likeness (QED) is 0.410. The van der Waals surface area contributed by atoms with Gasteiger partial charge in [-0.2, -0.15) is 0 Å². The predicted molar refractivity (Wildman–Crippen MR) is 11.3 cm³/mol. The van der Waals surface area contributed by atoms with Crippen molar-refractivity contribution in [3.63, 3.8) is 0 Å². The third kappa shape index (κ3) is 174. The summed E-state index contributed by atoms with van der Waals surface area (Å²) in [6.45, 7) is 0. The maximum atomic E-state index is 8.47. The zero-order chi connectivity index (χ0) is 4.71. The Morgan fingerprint density at radius 2 is 1.20 bits per heavy atom. The van der Waals surface area contributed by atoms with Crippen molar-refractivity contribution in [2.75, 3.05) is 0 Å². The minimum absolute atomic E-state index is 1.81. The molecule has 0 aliphatic rings. The number of rotatable bonds is 0. The van der Waals surface area contributed by atoms with Gasteiger partial charge in [0.2, 0.25) is 0 Å². The molecule has 27 valence electrons. The van der Waals surface area contributed by atoms with Crippen LogP contribution >= 0.6 is 0 Å². The van der Waals surface area contributed by atoms with Crippen LogP contribution < -0.4 is 0 Å². The predicted octanol–water partition coefficient (Wildman–Crippen LogP) is 0.00930. The molecule has 0 bridgehead atoms. The van der Waals surface area contributed by atoms with Crippen molar-refractivity contribution in [1.82, 2.24) is 0 Å². The molecule has 0 unspecified atom stereocenters. The Labute approximate surface area is 37.1 Å². The Morgan fingerprint density at radius 3 is 1.20 bits per heavy atom. The summed E-state index contributed by atoms with van der Waals surface area (Å²) in [5.41, 5.74) is 0. The fourth-order valence-corrected chi connectivity index (χ4v) is 0. The van der Waals surface area contributed by atoms with Crippen LogP contribution in [0.3, 0.4) is 0 Å². The third-order valence-electron chi connectivity index (χ3n) is 0. The molecule has 3 heteroatoms. The SMILES string of the molecule is C#C.[O]=[V]=[O]. The first-order valence-corrected chi connectivity index (χ1v) is 1.84. The topological polar surface area (TPSA) is 34.1 Å². The zero-order valence-corrected chi connectivity index (χ0v) is 3.82. The van der Waals surface area contributed by atoms with Gasteiger partial charge in [-0.25, -0.2) is 0 Å². The van der Waals surface area contributed by atoms with E-state index in [2.05, 4.69) is 12.8 Å². The van der Waals surface area contributed by atoms with Gasteiger partial charge in [-0.1, -0.05) is 0 Å². The van der Waals surface area contributed by atoms with Crippen molar-refractivity contribution in [3.05, 3.63) is 0 Å². The van der Waals surface area contributed by atoms with Crippen LogP contribution in [0.2, 0.25) is 0 Å². The van der Waals surface area contributed by atoms with E-state index in [1.165, 1.54) is 0 Å². The number of terminal acetylenes is 1. The third-order valence-corrected chi connectivity index (χ3v) is 0. The fourth-order valence-electron chi connectivity index (χ4n) is 0. The Morgan fingerprint density at radius 1 is 1.20 bits per heavy atom. The van der Waals surface area contributed by atoms with Gasteiger partial charge in [0.25, 0.3) is 0 Å². The summed E-state index contributed by atoms with van der Waals surface area (Å²) < 4.78 is 16.9. The molecular weight excluding hydrogens is 107 g/mol. The first kappa shape index (κ1) is 8.83. The van der Waals surface area contributed by atoms with E-state index < -0.39 is 16.2 Å². The fraction of sp³-hybridized carbons (Fsp3) is 0. The Kier molecular flexibility index (Phi) is 89.9. The summed E-state index contributed by atoms with van der Waals surface area (Å²) >= 11 is -1.81. The van der Waals surface area contributed by atoms with Crippen LogP contribution in [0.25, 0.3) is 0 Å². The molecule has 0 atom stereocenters. The number of hydrogen-bond donors (Lipinski definition) is 0. The monoisotopic (exact) mass is 109 g/mol. The van der Waals surface area contributed by atoms with Gasteiger partial charge in [0.1, 0.15) is 0 Å². The van der Waals surface area contributed by atoms with Gasteiger partial charge < -0.3 is 0 Å². The summed E-state index contributed by atoms with van der Waals surface area (Å²) in [4.78, 5) is 0. The van der Waals surface area contributed by atoms with Crippen LogP contribution in [-0.4, -0.2) is 0 Å². The molecule has 0 heterocycles. The molecule has 0 radical (unpaired) electrons. The van der Waals surface area contributed by atoms with E-state index >= 15 is 0 Å². The molecule has 0 N–H and O–H groups in total. The van der Waals surface area contributed by atoms with Crippen molar-refractivity contribution in [1.29, 1.82) is 0 Å². The normalized spacial score (nSPS) is 2.00. The van der Waals surface area contributed by atoms with Gasteiger partial charge in [-0.05, 0) is 0 Å². The molecule has 0 spiro atoms. The molecule has 0 saturated heterocycles. The van der Waals surface area contributed by atoms with Crippen molar-refractivity contribution >= 4 is 0 Å². The molecule has 0 saturated carbocycles. The molecule has 0 aromatic carbocycles. The van der Waals surface area contributed by atoms with Gasteiger partial charge in [-0.3, -0.25) is 0 Å². The average Bonchev–Trinajstić information content (AvgIpc) is 1.46. The molecule has 2 nitrogen and oxygen atoms in total. The molecule has 0 rings (SSSR count). The van der Waals surface area contributed by atoms with E-state index in [4.69, 9.17) is 7.35 Å². The van der Waals surface area contributed by atoms with Crippen LogP contribution in [0, 0.1) is 12.8 Å². The minimum atomic E-state index is -1.81. The number of hydrogen-bond acceptors (Lipinski definition) is 2. The van der Waals surface area contributed by atoms with Crippen molar-refractivity contribution in [3.8, 4) is 12.8 Å². The van der Waals surface area contributed by atoms with E-state index in [9.17, 15) is 0 Å². The van der Waals surface area contributed by atoms with E-state index in [0.29, 0.717) is 0 Å². The standard InChI is InChI=1S/C2H2.2O.V/c1-2;;;/h1-2H;;;. The van der Waals surface area contributed by atoms with E-state index in [0.717, 1.165) is 0 Å². The van der Waals surface area contributed by atoms with Gasteiger partial charge in [0, 0.05) is 0 Å². The molecule has 0 amide bonds. The van der Waals surface area contributed by atoms with Crippen molar-refractivity contribution in [2.24, 2.45) is 0 Å². The molecular formula is C2H2O2V. The zero-order valence-electron chi connectivity index (χ0n) is 2.42. The van der Waals surface area contributed by atoms with Crippen LogP contribution in [0.1, 0.15) is 0 Å². The van der Waals surface area contributed by atoms with Gasteiger partial charge in [-0.15, -0.1) is 12.8 Å². The van der Waals surface area contributed by atoms with Crippen molar-refractivity contribution < 1.29 is 23.5 Å². The molecule has 0 aromatic heterocycles. The van der Waals surface area contributed by atoms with Crippen LogP contribution in [0.15, 0.2) is 0 Å². The van der Waals surface area contributed by atoms with E-state index in [1.54, 1.807) is 0 Å². The summed E-state index contributed by atoms with van der Waals surface area (Å²) in [5.74, 6) is 0. The van der Waals surface area contributed by atoms with Crippen LogP contribution in [0.4, 0.5) is 0 Å². The molecule has 0 aliphatic heterocycles. The first-order chi connectivity index (χ1) is 2.41. The molecule has 0 aliphatic carbocycles. The Hall–Kier alpha value is -0.256. The summed E-state index contributed by atoms with van der Waals surface area (Å²) in [5, 5.41) is 0. The molecule has 5 heavy (non-hydrogen) atoms. The second-order valence-corrected chi connectivity index (χ2v) is 0.307. The van der Waals surface area contributed by atoms with Gasteiger partial charge in [0.05, 0.1) is 0 Å². The van der Waals surface area contributed by atoms with Gasteiger partial charge >= 0.3 is 23.5 Å². The van der Waals surface area contributed by atoms with E-state index in [-0.39, 0.29) is 0 Å². The van der Waals surface area contributed by atoms with Crippen LogP contribution in [-0.2, 0) is 23.5 Å². The summed E-state index contributed by atoms with van der Waals surface area (Å²) in [6, 6.07) is 0. The maximum absolute atomic E-state index is 8.47. The van der Waals surface area contributed by atoms with E-state index in [1.807, 2.05) is 0 Å². The Bertz CT molecular complexity index is 49.9. The van der Waals surface area contributed by atoms with Gasteiger partial charge in [0.15, 0.2) is 0 Å². The second-order valence-electron chi connectivity index (χ2n) is 0.0745. The first-order valence-electron chi connectivity index (χ1n) is 0.698. The molecule has 0 fully saturated rings. The second kappa shape index (κ2) is 50.9. The van der Waals surface area contributed by atoms with Crippen LogP contribution in [0.5, 0.6) is 0 Å². The summed E-state index contributed by atoms with van der Waals surface area (Å²) in [6.07, 6.45) is 8.00. The average molecular weight is 109 g/mol.